The molecule has 1 fully saturated rings. The number of anilines is 1. The Morgan fingerprint density at radius 2 is 1.94 bits per heavy atom. The average molecular weight is 500 g/mol. The second-order valence-corrected chi connectivity index (χ2v) is 8.54. The third-order valence-electron chi connectivity index (χ3n) is 5.30. The summed E-state index contributed by atoms with van der Waals surface area (Å²) in [6, 6.07) is 10.4. The predicted molar refractivity (Wildman–Crippen MR) is 126 cm³/mol. The molecule has 10 nitrogen and oxygen atoms in total. The van der Waals surface area contributed by atoms with Crippen molar-refractivity contribution in [3.63, 3.8) is 0 Å². The van der Waals surface area contributed by atoms with E-state index in [4.69, 9.17) is 27.9 Å². The number of hydrogen-bond donors (Lipinski definition) is 2. The van der Waals surface area contributed by atoms with E-state index in [-0.39, 0.29) is 12.4 Å². The molecule has 1 atom stereocenters. The van der Waals surface area contributed by atoms with Gasteiger partial charge < -0.3 is 15.2 Å². The van der Waals surface area contributed by atoms with E-state index >= 15 is 0 Å². The highest BCUT2D eigenvalue weighted by Crippen LogP contribution is 2.32. The largest absolute Gasteiger partial charge is 0.462 e. The number of amides is 1. The van der Waals surface area contributed by atoms with Crippen LogP contribution in [-0.4, -0.2) is 72.5 Å². The van der Waals surface area contributed by atoms with Crippen LogP contribution in [0, 0.1) is 0 Å². The highest BCUT2D eigenvalue weighted by molar-refractivity contribution is 6.37. The first-order valence-electron chi connectivity index (χ1n) is 10.4. The van der Waals surface area contributed by atoms with Crippen LogP contribution in [0.15, 0.2) is 55.1 Å². The number of aromatic nitrogens is 5. The number of carbonyl (C=O) groups excluding carboxylic acids is 1. The summed E-state index contributed by atoms with van der Waals surface area (Å²) in [5.74, 6) is 0.189. The molecule has 0 bridgehead atoms. The van der Waals surface area contributed by atoms with E-state index in [1.165, 1.54) is 17.2 Å². The molecule has 1 amide bonds. The van der Waals surface area contributed by atoms with Crippen molar-refractivity contribution in [1.29, 1.82) is 0 Å². The third kappa shape index (κ3) is 4.53. The van der Waals surface area contributed by atoms with Gasteiger partial charge in [-0.25, -0.2) is 19.6 Å². The zero-order valence-corrected chi connectivity index (χ0v) is 19.2. The monoisotopic (exact) mass is 499 g/mol. The smallest absolute Gasteiger partial charge is 0.268 e. The van der Waals surface area contributed by atoms with E-state index < -0.39 is 18.1 Å². The van der Waals surface area contributed by atoms with Gasteiger partial charge in [-0.05, 0) is 24.3 Å². The summed E-state index contributed by atoms with van der Waals surface area (Å²) in [6.45, 7) is 1.17. The summed E-state index contributed by atoms with van der Waals surface area (Å²) in [6.07, 6.45) is 3.09. The normalized spacial score (nSPS) is 15.1. The molecule has 0 radical (unpaired) electrons. The number of pyridine rings is 1. The molecule has 1 aliphatic heterocycles. The predicted octanol–water partition coefficient (Wildman–Crippen LogP) is 2.58. The van der Waals surface area contributed by atoms with Crippen molar-refractivity contribution < 1.29 is 14.6 Å². The Labute approximate surface area is 204 Å². The van der Waals surface area contributed by atoms with Crippen LogP contribution in [0.4, 0.5) is 5.82 Å². The number of fused-ring (bicyclic) bond motifs is 1. The summed E-state index contributed by atoms with van der Waals surface area (Å²) in [4.78, 5) is 27.7. The van der Waals surface area contributed by atoms with Crippen molar-refractivity contribution in [2.45, 2.75) is 12.2 Å². The fraction of sp³-hybridized carbons (Fsp3) is 0.227. The van der Waals surface area contributed by atoms with Gasteiger partial charge in [0.15, 0.2) is 11.8 Å². The van der Waals surface area contributed by atoms with Gasteiger partial charge in [0.1, 0.15) is 23.2 Å². The molecule has 0 unspecified atom stereocenters. The lowest BCUT2D eigenvalue weighted by Crippen LogP contribution is -2.55. The lowest BCUT2D eigenvalue weighted by atomic mass is 10.1. The van der Waals surface area contributed by atoms with Gasteiger partial charge in [-0.1, -0.05) is 35.3 Å². The number of β-amino-alcohol motifs (C(OH)–C–C–N with tert-alkyl or cyclic N) is 1. The van der Waals surface area contributed by atoms with Gasteiger partial charge in [0.2, 0.25) is 5.88 Å². The number of carbonyl (C=O) groups is 1. The maximum Gasteiger partial charge on any atom is 0.268 e. The fourth-order valence-corrected chi connectivity index (χ4v) is 4.21. The van der Waals surface area contributed by atoms with E-state index in [9.17, 15) is 9.90 Å². The molecule has 0 saturated carbocycles. The molecule has 1 aliphatic rings. The number of aliphatic hydroxyl groups excluding tert-OH is 1. The molecule has 3 aromatic heterocycles. The summed E-state index contributed by atoms with van der Waals surface area (Å²) in [7, 11) is 0. The van der Waals surface area contributed by atoms with Crippen LogP contribution in [-0.2, 0) is 4.79 Å². The van der Waals surface area contributed by atoms with Crippen molar-refractivity contribution in [2.24, 2.45) is 0 Å². The molecule has 1 aromatic carbocycles. The number of ether oxygens (including phenoxy) is 1. The lowest BCUT2D eigenvalue weighted by Gasteiger charge is -2.37. The lowest BCUT2D eigenvalue weighted by molar-refractivity contribution is -0.125. The van der Waals surface area contributed by atoms with Crippen LogP contribution in [0.5, 0.6) is 5.88 Å². The quantitative estimate of drug-likeness (QED) is 0.398. The zero-order chi connectivity index (χ0) is 23.7. The van der Waals surface area contributed by atoms with Gasteiger partial charge in [0.05, 0.1) is 22.3 Å². The summed E-state index contributed by atoms with van der Waals surface area (Å²) >= 11 is 12.7. The van der Waals surface area contributed by atoms with E-state index in [0.29, 0.717) is 45.7 Å². The Bertz CT molecular complexity index is 1310. The molecule has 174 valence electrons. The van der Waals surface area contributed by atoms with Crippen molar-refractivity contribution in [2.75, 3.05) is 25.0 Å². The summed E-state index contributed by atoms with van der Waals surface area (Å²) in [5.41, 5.74) is 0.896. The summed E-state index contributed by atoms with van der Waals surface area (Å²) in [5, 5.41) is 18.1. The molecule has 12 heteroatoms. The Kier molecular flexibility index (Phi) is 6.29. The Balaban J connectivity index is 1.46. The number of hydrogen-bond acceptors (Lipinski definition) is 8. The van der Waals surface area contributed by atoms with Crippen molar-refractivity contribution in [1.82, 2.24) is 29.6 Å². The maximum atomic E-state index is 13.1. The molecule has 4 heterocycles. The Hall–Kier alpha value is -3.31. The molecule has 0 aliphatic carbocycles. The molecule has 5 rings (SSSR count). The van der Waals surface area contributed by atoms with E-state index in [1.807, 2.05) is 4.90 Å². The van der Waals surface area contributed by atoms with Crippen LogP contribution in [0.1, 0.15) is 0 Å². The van der Waals surface area contributed by atoms with E-state index in [2.05, 4.69) is 25.4 Å². The average Bonchev–Trinajstić information content (AvgIpc) is 3.23. The van der Waals surface area contributed by atoms with Crippen molar-refractivity contribution >= 4 is 46.0 Å². The number of nitrogens with zero attached hydrogens (tertiary/aromatic N) is 6. The molecule has 34 heavy (non-hydrogen) atoms. The minimum absolute atomic E-state index is 0.182. The minimum Gasteiger partial charge on any atom is -0.462 e. The van der Waals surface area contributed by atoms with E-state index in [1.54, 1.807) is 42.6 Å². The first-order chi connectivity index (χ1) is 16.5. The molecule has 2 N–H and O–H groups in total. The molecule has 0 spiro atoms. The van der Waals surface area contributed by atoms with Crippen LogP contribution in [0.2, 0.25) is 10.0 Å². The minimum atomic E-state index is -0.931. The molecule has 4 aromatic rings. The number of benzene rings is 1. The van der Waals surface area contributed by atoms with Crippen molar-refractivity contribution in [3.05, 3.63) is 65.2 Å². The van der Waals surface area contributed by atoms with Gasteiger partial charge in [-0.2, -0.15) is 5.10 Å². The summed E-state index contributed by atoms with van der Waals surface area (Å²) < 4.78 is 7.58. The van der Waals surface area contributed by atoms with Crippen LogP contribution >= 0.6 is 23.2 Å². The van der Waals surface area contributed by atoms with Gasteiger partial charge in [-0.15, -0.1) is 0 Å². The standard InChI is InChI=1S/C22H19Cl2N7O3/c23-15-4-3-5-16(24)19(15)31-20-14(8-28-31)22(27-12-26-20)34-17(11-30-9-13(32)10-30)21(33)29-18-6-1-2-7-25-18/h1-8,12-13,17,32H,9-11H2,(H,25,29,33)/t17-/m0/s1. The SMILES string of the molecule is O=C(Nc1ccccn1)[C@H](CN1CC(O)C1)Oc1ncnc2c1cnn2-c1c(Cl)cccc1Cl. The number of halogens is 2. The first-order valence-corrected chi connectivity index (χ1v) is 11.2. The maximum absolute atomic E-state index is 13.1. The van der Waals surface area contributed by atoms with Crippen LogP contribution in [0.3, 0.4) is 0 Å². The second kappa shape index (κ2) is 9.51. The topological polar surface area (TPSA) is 118 Å². The second-order valence-electron chi connectivity index (χ2n) is 7.73. The van der Waals surface area contributed by atoms with Gasteiger partial charge >= 0.3 is 0 Å². The molecule has 1 saturated heterocycles. The van der Waals surface area contributed by atoms with Gasteiger partial charge in [-0.3, -0.25) is 9.69 Å². The van der Waals surface area contributed by atoms with Gasteiger partial charge in [0.25, 0.3) is 5.91 Å². The van der Waals surface area contributed by atoms with Crippen LogP contribution in [0.25, 0.3) is 16.7 Å². The first kappa shape index (κ1) is 22.5. The number of para-hydroxylation sites is 1. The van der Waals surface area contributed by atoms with E-state index in [0.717, 1.165) is 0 Å². The Morgan fingerprint density at radius 3 is 2.65 bits per heavy atom. The van der Waals surface area contributed by atoms with Gasteiger partial charge in [0, 0.05) is 25.8 Å². The number of rotatable bonds is 7. The third-order valence-corrected chi connectivity index (χ3v) is 5.91. The van der Waals surface area contributed by atoms with Crippen LogP contribution < -0.4 is 10.1 Å². The molecular formula is C22H19Cl2N7O3. The highest BCUT2D eigenvalue weighted by Gasteiger charge is 2.32. The Morgan fingerprint density at radius 1 is 1.15 bits per heavy atom. The number of aliphatic hydroxyl groups is 1. The number of nitrogens with one attached hydrogen (secondary N) is 1. The molecular weight excluding hydrogens is 481 g/mol. The number of likely N-dealkylation sites (tertiary alicyclic amines) is 1. The fourth-order valence-electron chi connectivity index (χ4n) is 3.65. The zero-order valence-electron chi connectivity index (χ0n) is 17.7. The van der Waals surface area contributed by atoms with Crippen molar-refractivity contribution in [3.8, 4) is 11.6 Å². The highest BCUT2D eigenvalue weighted by atomic mass is 35.5.